The molecule has 0 spiro atoms. The van der Waals surface area contributed by atoms with Crippen LogP contribution in [-0.4, -0.2) is 6.54 Å². The van der Waals surface area contributed by atoms with Gasteiger partial charge in [-0.1, -0.05) is 19.9 Å². The third-order valence-corrected chi connectivity index (χ3v) is 3.26. The van der Waals surface area contributed by atoms with Crippen molar-refractivity contribution in [1.29, 1.82) is 0 Å². The lowest BCUT2D eigenvalue weighted by Crippen LogP contribution is -2.23. The second-order valence-corrected chi connectivity index (χ2v) is 4.94. The molecule has 84 valence electrons. The van der Waals surface area contributed by atoms with E-state index in [1.165, 1.54) is 12.1 Å². The van der Waals surface area contributed by atoms with Crippen LogP contribution in [0.15, 0.2) is 16.6 Å². The highest BCUT2D eigenvalue weighted by atomic mass is 79.9. The highest BCUT2D eigenvalue weighted by Gasteiger charge is 2.25. The van der Waals surface area contributed by atoms with Crippen molar-refractivity contribution >= 4 is 15.9 Å². The third kappa shape index (κ3) is 2.55. The van der Waals surface area contributed by atoms with E-state index in [0.29, 0.717) is 18.5 Å². The molecular formula is C11H14BrF2N. The van der Waals surface area contributed by atoms with E-state index in [9.17, 15) is 8.78 Å². The smallest absolute Gasteiger partial charge is 0.144 e. The molecule has 0 atom stereocenters. The van der Waals surface area contributed by atoms with E-state index in [1.807, 2.05) is 13.8 Å². The van der Waals surface area contributed by atoms with Crippen LogP contribution in [0, 0.1) is 11.6 Å². The molecule has 1 rings (SSSR count). The largest absolute Gasteiger partial charge is 0.330 e. The van der Waals surface area contributed by atoms with Gasteiger partial charge in [0.15, 0.2) is 0 Å². The van der Waals surface area contributed by atoms with Gasteiger partial charge in [0, 0.05) is 0 Å². The molecule has 0 aliphatic rings. The third-order valence-electron chi connectivity index (χ3n) is 2.53. The lowest BCUT2D eigenvalue weighted by molar-refractivity contribution is 0.449. The maximum atomic E-state index is 13.8. The number of benzene rings is 1. The first kappa shape index (κ1) is 12.6. The standard InChI is InChI=1S/C11H14BrF2N/c1-11(2,5-6-15)7-3-4-8(13)9(12)10(7)14/h3-4H,5-6,15H2,1-2H3. The molecule has 1 nitrogen and oxygen atoms in total. The van der Waals surface area contributed by atoms with Gasteiger partial charge in [-0.05, 0) is 45.9 Å². The van der Waals surface area contributed by atoms with Crippen LogP contribution in [0.5, 0.6) is 0 Å². The molecule has 4 heteroatoms. The van der Waals surface area contributed by atoms with E-state index in [1.54, 1.807) is 0 Å². The number of nitrogens with two attached hydrogens (primary N) is 1. The van der Waals surface area contributed by atoms with E-state index in [2.05, 4.69) is 15.9 Å². The van der Waals surface area contributed by atoms with Gasteiger partial charge < -0.3 is 5.73 Å². The fourth-order valence-corrected chi connectivity index (χ4v) is 1.89. The molecule has 0 aliphatic carbocycles. The van der Waals surface area contributed by atoms with Gasteiger partial charge in [0.2, 0.25) is 0 Å². The van der Waals surface area contributed by atoms with Gasteiger partial charge >= 0.3 is 0 Å². The van der Waals surface area contributed by atoms with Crippen molar-refractivity contribution in [1.82, 2.24) is 0 Å². The quantitative estimate of drug-likeness (QED) is 0.843. The van der Waals surface area contributed by atoms with Crippen LogP contribution in [0.25, 0.3) is 0 Å². The van der Waals surface area contributed by atoms with Gasteiger partial charge in [-0.3, -0.25) is 0 Å². The van der Waals surface area contributed by atoms with E-state index in [0.717, 1.165) is 0 Å². The van der Waals surface area contributed by atoms with Crippen molar-refractivity contribution in [3.8, 4) is 0 Å². The molecule has 0 saturated carbocycles. The number of halogens is 3. The minimum Gasteiger partial charge on any atom is -0.330 e. The number of hydrogen-bond donors (Lipinski definition) is 1. The Labute approximate surface area is 96.8 Å². The molecule has 1 aromatic rings. The highest BCUT2D eigenvalue weighted by Crippen LogP contribution is 2.33. The van der Waals surface area contributed by atoms with Crippen molar-refractivity contribution in [3.05, 3.63) is 33.8 Å². The molecule has 0 bridgehead atoms. The summed E-state index contributed by atoms with van der Waals surface area (Å²) in [6.45, 7) is 4.26. The molecular weight excluding hydrogens is 264 g/mol. The maximum absolute atomic E-state index is 13.8. The molecule has 2 N–H and O–H groups in total. The topological polar surface area (TPSA) is 26.0 Å². The Morgan fingerprint density at radius 3 is 2.47 bits per heavy atom. The van der Waals surface area contributed by atoms with E-state index < -0.39 is 11.6 Å². The number of rotatable bonds is 3. The van der Waals surface area contributed by atoms with Crippen LogP contribution >= 0.6 is 15.9 Å². The molecule has 1 aromatic carbocycles. The fraction of sp³-hybridized carbons (Fsp3) is 0.455. The molecule has 0 aromatic heterocycles. The van der Waals surface area contributed by atoms with Gasteiger partial charge in [0.25, 0.3) is 0 Å². The molecule has 0 fully saturated rings. The van der Waals surface area contributed by atoms with Crippen LogP contribution < -0.4 is 5.73 Å². The molecule has 0 unspecified atom stereocenters. The van der Waals surface area contributed by atoms with Gasteiger partial charge in [0.05, 0.1) is 4.47 Å². The molecule has 15 heavy (non-hydrogen) atoms. The zero-order chi connectivity index (χ0) is 11.6. The van der Waals surface area contributed by atoms with Crippen LogP contribution in [0.4, 0.5) is 8.78 Å². The Balaban J connectivity index is 3.21. The Bertz CT molecular complexity index is 364. The minimum absolute atomic E-state index is 0.106. The lowest BCUT2D eigenvalue weighted by atomic mass is 9.81. The van der Waals surface area contributed by atoms with Crippen molar-refractivity contribution in [2.24, 2.45) is 5.73 Å². The monoisotopic (exact) mass is 277 g/mol. The van der Waals surface area contributed by atoms with Gasteiger partial charge in [-0.25, -0.2) is 8.78 Å². The maximum Gasteiger partial charge on any atom is 0.144 e. The van der Waals surface area contributed by atoms with Crippen molar-refractivity contribution in [3.63, 3.8) is 0 Å². The molecule has 0 amide bonds. The molecule has 0 aliphatic heterocycles. The molecule has 0 saturated heterocycles. The normalized spacial score (nSPS) is 11.9. The van der Waals surface area contributed by atoms with Gasteiger partial charge in [-0.15, -0.1) is 0 Å². The van der Waals surface area contributed by atoms with Crippen molar-refractivity contribution in [2.45, 2.75) is 25.7 Å². The van der Waals surface area contributed by atoms with Crippen molar-refractivity contribution in [2.75, 3.05) is 6.54 Å². The summed E-state index contributed by atoms with van der Waals surface area (Å²) < 4.78 is 26.7. The van der Waals surface area contributed by atoms with Crippen molar-refractivity contribution < 1.29 is 8.78 Å². The highest BCUT2D eigenvalue weighted by molar-refractivity contribution is 9.10. The lowest BCUT2D eigenvalue weighted by Gasteiger charge is -2.25. The summed E-state index contributed by atoms with van der Waals surface area (Å²) in [6.07, 6.45) is 0.655. The van der Waals surface area contributed by atoms with Crippen LogP contribution in [0.3, 0.4) is 0 Å². The summed E-state index contributed by atoms with van der Waals surface area (Å²) in [5.74, 6) is -1.12. The molecule has 0 radical (unpaired) electrons. The summed E-state index contributed by atoms with van der Waals surface area (Å²) in [5.41, 5.74) is 5.57. The van der Waals surface area contributed by atoms with Crippen LogP contribution in [0.2, 0.25) is 0 Å². The van der Waals surface area contributed by atoms with Gasteiger partial charge in [0.1, 0.15) is 11.6 Å². The van der Waals surface area contributed by atoms with Gasteiger partial charge in [-0.2, -0.15) is 0 Å². The summed E-state index contributed by atoms with van der Waals surface area (Å²) in [7, 11) is 0. The minimum atomic E-state index is -0.584. The average molecular weight is 278 g/mol. The Morgan fingerprint density at radius 2 is 1.93 bits per heavy atom. The first-order chi connectivity index (χ1) is 6.90. The fourth-order valence-electron chi connectivity index (χ4n) is 1.54. The summed E-state index contributed by atoms with van der Waals surface area (Å²) in [4.78, 5) is 0. The molecule has 0 heterocycles. The Morgan fingerprint density at radius 1 is 1.33 bits per heavy atom. The van der Waals surface area contributed by atoms with Crippen LogP contribution in [0.1, 0.15) is 25.8 Å². The zero-order valence-electron chi connectivity index (χ0n) is 8.78. The van der Waals surface area contributed by atoms with E-state index in [-0.39, 0.29) is 9.89 Å². The van der Waals surface area contributed by atoms with Crippen LogP contribution in [-0.2, 0) is 5.41 Å². The number of hydrogen-bond acceptors (Lipinski definition) is 1. The summed E-state index contributed by atoms with van der Waals surface area (Å²) >= 11 is 2.89. The average Bonchev–Trinajstić information content (AvgIpc) is 2.13. The SMILES string of the molecule is CC(C)(CCN)c1ccc(F)c(Br)c1F. The Kier molecular flexibility index (Phi) is 3.84. The predicted octanol–water partition coefficient (Wildman–Crippen LogP) is 3.35. The second kappa shape index (κ2) is 4.58. The Hall–Kier alpha value is -0.480. The van der Waals surface area contributed by atoms with E-state index >= 15 is 0 Å². The first-order valence-electron chi connectivity index (χ1n) is 4.74. The summed E-state index contributed by atoms with van der Waals surface area (Å²) in [5, 5.41) is 0. The van der Waals surface area contributed by atoms with E-state index in [4.69, 9.17) is 5.73 Å². The summed E-state index contributed by atoms with van der Waals surface area (Å²) in [6, 6.07) is 2.74. The first-order valence-corrected chi connectivity index (χ1v) is 5.53. The second-order valence-electron chi connectivity index (χ2n) is 4.15. The zero-order valence-corrected chi connectivity index (χ0v) is 10.4. The predicted molar refractivity (Wildman–Crippen MR) is 60.8 cm³/mol.